The molecule has 0 unspecified atom stereocenters. The van der Waals surface area contributed by atoms with Crippen LogP contribution in [-0.2, 0) is 42.2 Å². The van der Waals surface area contributed by atoms with E-state index in [1.165, 1.54) is 23.7 Å². The highest BCUT2D eigenvalue weighted by atomic mass is 32.2. The molecule has 0 aliphatic carbocycles. The first kappa shape index (κ1) is 38.1. The average molecular weight is 713 g/mol. The van der Waals surface area contributed by atoms with E-state index in [9.17, 15) is 32.0 Å². The minimum atomic E-state index is -4.23. The molecule has 1 aromatic heterocycles. The number of hydrogen-bond donors (Lipinski definition) is 4. The molecule has 1 aliphatic rings. The molecule has 0 bridgehead atoms. The second kappa shape index (κ2) is 16.8. The summed E-state index contributed by atoms with van der Waals surface area (Å²) in [6.45, 7) is 7.79. The third-order valence-electron chi connectivity index (χ3n) is 8.29. The van der Waals surface area contributed by atoms with Crippen molar-refractivity contribution in [3.8, 4) is 0 Å². The fraction of sp³-hybridized carbons (Fsp3) is 0.471. The Morgan fingerprint density at radius 2 is 1.66 bits per heavy atom. The Balaban J connectivity index is 1.66. The van der Waals surface area contributed by atoms with Crippen LogP contribution in [-0.4, -0.2) is 82.8 Å². The van der Waals surface area contributed by atoms with Crippen LogP contribution in [0.5, 0.6) is 0 Å². The van der Waals surface area contributed by atoms with Crippen LogP contribution in [0.4, 0.5) is 4.39 Å². The number of carbonyl (C=O) groups is 4. The summed E-state index contributed by atoms with van der Waals surface area (Å²) in [4.78, 5) is 57.5. The summed E-state index contributed by atoms with van der Waals surface area (Å²) in [5.74, 6) is -2.30. The standard InChI is InChI=1S/C34H45FN8O6S/c1-21(2)31-32-38-24(5)41-43(32)20-30(45)36-15-17-42(50(48,49)28-19-26(35)14-13-22(28)3)16-9-12-29(44)37-23(4)33(46)39-27(34(47)40-31)18-25-10-7-6-8-11-25/h6-8,10-11,13-14,19,21,23,27,31H,9,12,15-18,20H2,1-5H3,(H,36,45)(H,37,44)(H,39,46)(H,40,47)/t23-,27+,31-/m0/s1. The van der Waals surface area contributed by atoms with Crippen LogP contribution in [0.15, 0.2) is 53.4 Å². The van der Waals surface area contributed by atoms with E-state index in [0.29, 0.717) is 17.2 Å². The monoisotopic (exact) mass is 712 g/mol. The van der Waals surface area contributed by atoms with Crippen LogP contribution < -0.4 is 21.3 Å². The molecule has 0 spiro atoms. The van der Waals surface area contributed by atoms with E-state index in [4.69, 9.17) is 0 Å². The number of fused-ring (bicyclic) bond motifs is 1. The van der Waals surface area contributed by atoms with Gasteiger partial charge in [-0.15, -0.1) is 0 Å². The van der Waals surface area contributed by atoms with Crippen LogP contribution in [0.25, 0.3) is 0 Å². The second-order valence-corrected chi connectivity index (χ2v) is 14.6. The summed E-state index contributed by atoms with van der Waals surface area (Å²) in [7, 11) is -4.23. The number of hydrogen-bond acceptors (Lipinski definition) is 8. The van der Waals surface area contributed by atoms with Crippen molar-refractivity contribution >= 4 is 33.7 Å². The molecule has 0 radical (unpaired) electrons. The van der Waals surface area contributed by atoms with E-state index in [1.54, 1.807) is 13.8 Å². The topological polar surface area (TPSA) is 184 Å². The number of amides is 4. The number of benzene rings is 2. The van der Waals surface area contributed by atoms with Gasteiger partial charge in [0.1, 0.15) is 30.3 Å². The molecule has 0 saturated carbocycles. The van der Waals surface area contributed by atoms with Gasteiger partial charge in [0.2, 0.25) is 33.7 Å². The van der Waals surface area contributed by atoms with Crippen molar-refractivity contribution in [3.63, 3.8) is 0 Å². The first-order valence-electron chi connectivity index (χ1n) is 16.5. The molecule has 0 saturated heterocycles. The summed E-state index contributed by atoms with van der Waals surface area (Å²) in [6.07, 6.45) is 0.0998. The van der Waals surface area contributed by atoms with Gasteiger partial charge in [0, 0.05) is 32.5 Å². The van der Waals surface area contributed by atoms with E-state index in [0.717, 1.165) is 15.9 Å². The van der Waals surface area contributed by atoms with Crippen LogP contribution in [0.3, 0.4) is 0 Å². The Labute approximate surface area is 291 Å². The van der Waals surface area contributed by atoms with Gasteiger partial charge in [0.25, 0.3) is 0 Å². The smallest absolute Gasteiger partial charge is 0.243 e. The summed E-state index contributed by atoms with van der Waals surface area (Å²) in [6, 6.07) is 9.87. The van der Waals surface area contributed by atoms with Gasteiger partial charge in [0.05, 0.1) is 10.9 Å². The fourth-order valence-corrected chi connectivity index (χ4v) is 7.32. The molecule has 1 aliphatic heterocycles. The van der Waals surface area contributed by atoms with Crippen molar-refractivity contribution < 1.29 is 32.0 Å². The number of aromatic nitrogens is 3. The number of nitrogens with one attached hydrogen (secondary N) is 4. The van der Waals surface area contributed by atoms with Gasteiger partial charge in [-0.25, -0.2) is 22.5 Å². The average Bonchev–Trinajstić information content (AvgIpc) is 3.41. The van der Waals surface area contributed by atoms with E-state index in [1.807, 2.05) is 44.2 Å². The molecule has 3 atom stereocenters. The summed E-state index contributed by atoms with van der Waals surface area (Å²) >= 11 is 0. The second-order valence-electron chi connectivity index (χ2n) is 12.7. The SMILES string of the molecule is Cc1nc2n(n1)CC(=O)NCCN(S(=O)(=O)c1cc(F)ccc1C)CCCC(=O)N[C@@H](C)C(=O)N[C@H](Cc1ccccc1)C(=O)N[C@H]2C(C)C. The maximum absolute atomic E-state index is 14.1. The molecule has 50 heavy (non-hydrogen) atoms. The van der Waals surface area contributed by atoms with Gasteiger partial charge in [0.15, 0.2) is 5.82 Å². The molecule has 14 nitrogen and oxygen atoms in total. The molecule has 2 aromatic carbocycles. The molecule has 4 amide bonds. The molecule has 16 heteroatoms. The largest absolute Gasteiger partial charge is 0.353 e. The first-order valence-corrected chi connectivity index (χ1v) is 18.0. The molecule has 3 aromatic rings. The highest BCUT2D eigenvalue weighted by Crippen LogP contribution is 2.23. The Morgan fingerprint density at radius 3 is 2.36 bits per heavy atom. The predicted molar refractivity (Wildman–Crippen MR) is 182 cm³/mol. The number of nitrogens with zero attached hydrogens (tertiary/aromatic N) is 4. The van der Waals surface area contributed by atoms with Crippen molar-refractivity contribution in [2.75, 3.05) is 19.6 Å². The molecular formula is C34H45FN8O6S. The minimum absolute atomic E-state index is 0.0684. The van der Waals surface area contributed by atoms with Crippen molar-refractivity contribution in [1.29, 1.82) is 0 Å². The summed E-state index contributed by atoms with van der Waals surface area (Å²) in [5, 5.41) is 15.5. The first-order chi connectivity index (χ1) is 23.6. The Morgan fingerprint density at radius 1 is 0.940 bits per heavy atom. The van der Waals surface area contributed by atoms with Gasteiger partial charge < -0.3 is 21.3 Å². The summed E-state index contributed by atoms with van der Waals surface area (Å²) in [5.41, 5.74) is 1.13. The van der Waals surface area contributed by atoms with Gasteiger partial charge >= 0.3 is 0 Å². The molecular weight excluding hydrogens is 667 g/mol. The predicted octanol–water partition coefficient (Wildman–Crippen LogP) is 1.68. The van der Waals surface area contributed by atoms with Crippen molar-refractivity contribution in [1.82, 2.24) is 40.3 Å². The third kappa shape index (κ3) is 9.94. The lowest BCUT2D eigenvalue weighted by Gasteiger charge is -2.27. The molecule has 2 heterocycles. The Hall–Kier alpha value is -4.70. The van der Waals surface area contributed by atoms with Crippen molar-refractivity contribution in [2.45, 2.75) is 83.4 Å². The maximum Gasteiger partial charge on any atom is 0.243 e. The van der Waals surface area contributed by atoms with Crippen molar-refractivity contribution in [2.24, 2.45) is 5.92 Å². The van der Waals surface area contributed by atoms with Crippen LogP contribution in [0.1, 0.15) is 62.4 Å². The van der Waals surface area contributed by atoms with Gasteiger partial charge in [-0.05, 0) is 56.4 Å². The molecule has 270 valence electrons. The zero-order chi connectivity index (χ0) is 36.6. The third-order valence-corrected chi connectivity index (χ3v) is 10.3. The fourth-order valence-electron chi connectivity index (χ4n) is 5.61. The molecule has 4 rings (SSSR count). The summed E-state index contributed by atoms with van der Waals surface area (Å²) < 4.78 is 44.0. The molecule has 0 fully saturated rings. The highest BCUT2D eigenvalue weighted by Gasteiger charge is 2.31. The number of aryl methyl sites for hydroxylation is 2. The number of rotatable bonds is 5. The number of halogens is 1. The maximum atomic E-state index is 14.1. The molecule has 4 N–H and O–H groups in total. The quantitative estimate of drug-likeness (QED) is 0.308. The van der Waals surface area contributed by atoms with E-state index >= 15 is 0 Å². The number of sulfonamides is 1. The van der Waals surface area contributed by atoms with Gasteiger partial charge in [-0.1, -0.05) is 50.2 Å². The van der Waals surface area contributed by atoms with E-state index in [-0.39, 0.29) is 56.3 Å². The van der Waals surface area contributed by atoms with Crippen LogP contribution in [0.2, 0.25) is 0 Å². The lowest BCUT2D eigenvalue weighted by Crippen LogP contribution is -2.54. The zero-order valence-corrected chi connectivity index (χ0v) is 29.7. The minimum Gasteiger partial charge on any atom is -0.353 e. The van der Waals surface area contributed by atoms with Crippen LogP contribution in [0, 0.1) is 25.6 Å². The van der Waals surface area contributed by atoms with Crippen LogP contribution >= 0.6 is 0 Å². The highest BCUT2D eigenvalue weighted by molar-refractivity contribution is 7.89. The normalized spacial score (nSPS) is 21.1. The van der Waals surface area contributed by atoms with Gasteiger partial charge in [-0.2, -0.15) is 9.40 Å². The lowest BCUT2D eigenvalue weighted by atomic mass is 10.0. The van der Waals surface area contributed by atoms with E-state index in [2.05, 4.69) is 31.3 Å². The van der Waals surface area contributed by atoms with Gasteiger partial charge in [-0.3, -0.25) is 19.2 Å². The lowest BCUT2D eigenvalue weighted by molar-refractivity contribution is -0.132. The van der Waals surface area contributed by atoms with Crippen molar-refractivity contribution in [3.05, 3.63) is 77.1 Å². The Kier molecular flexibility index (Phi) is 12.8. The van der Waals surface area contributed by atoms with E-state index < -0.39 is 57.6 Å². The Bertz CT molecular complexity index is 1800. The zero-order valence-electron chi connectivity index (χ0n) is 28.9. The number of carbonyl (C=O) groups excluding carboxylic acids is 4.